The smallest absolute Gasteiger partial charge is 0.323 e. The minimum absolute atomic E-state index is 0.0547. The average Bonchev–Trinajstić information content (AvgIpc) is 2.46. The van der Waals surface area contributed by atoms with E-state index in [9.17, 15) is 9.59 Å². The van der Waals surface area contributed by atoms with Crippen LogP contribution in [-0.2, 0) is 4.79 Å². The lowest BCUT2D eigenvalue weighted by Crippen LogP contribution is -2.50. The zero-order valence-corrected chi connectivity index (χ0v) is 10.4. The number of carbonyl (C=O) groups excluding carboxylic acids is 2. The summed E-state index contributed by atoms with van der Waals surface area (Å²) >= 11 is 0. The van der Waals surface area contributed by atoms with E-state index < -0.39 is 5.54 Å². The summed E-state index contributed by atoms with van der Waals surface area (Å²) in [6.07, 6.45) is 6.86. The van der Waals surface area contributed by atoms with Gasteiger partial charge in [0.15, 0.2) is 0 Å². The molecule has 0 atom stereocenters. The van der Waals surface area contributed by atoms with E-state index in [1.807, 2.05) is 0 Å². The van der Waals surface area contributed by atoms with Gasteiger partial charge in [-0.1, -0.05) is 6.92 Å². The summed E-state index contributed by atoms with van der Waals surface area (Å²) in [5.41, 5.74) is -0.542. The number of amides is 3. The molecule has 0 radical (unpaired) electrons. The van der Waals surface area contributed by atoms with E-state index in [2.05, 4.69) is 12.2 Å². The number of nitrogens with one attached hydrogen (secondary N) is 1. The Bertz CT molecular complexity index is 354. The molecule has 3 rings (SSSR count). The highest BCUT2D eigenvalue weighted by Gasteiger charge is 2.54. The number of carbonyl (C=O) groups is 2. The molecule has 0 bridgehead atoms. The van der Waals surface area contributed by atoms with Crippen LogP contribution >= 0.6 is 0 Å². The van der Waals surface area contributed by atoms with Gasteiger partial charge in [-0.25, -0.2) is 4.79 Å². The number of imide groups is 1. The molecule has 0 aromatic heterocycles. The normalized spacial score (nSPS) is 38.4. The van der Waals surface area contributed by atoms with Gasteiger partial charge in [0.25, 0.3) is 5.91 Å². The Morgan fingerprint density at radius 1 is 1.18 bits per heavy atom. The topological polar surface area (TPSA) is 49.4 Å². The van der Waals surface area contributed by atoms with Gasteiger partial charge in [0.1, 0.15) is 5.54 Å². The molecule has 0 unspecified atom stereocenters. The Labute approximate surface area is 102 Å². The predicted octanol–water partition coefficient (Wildman–Crippen LogP) is 2.04. The Hall–Kier alpha value is -1.06. The van der Waals surface area contributed by atoms with E-state index in [1.54, 1.807) is 0 Å². The molecule has 2 saturated carbocycles. The lowest BCUT2D eigenvalue weighted by atomic mass is 9.77. The zero-order valence-electron chi connectivity index (χ0n) is 10.4. The molecule has 3 fully saturated rings. The molecule has 1 heterocycles. The Morgan fingerprint density at radius 2 is 1.82 bits per heavy atom. The zero-order chi connectivity index (χ0) is 12.0. The van der Waals surface area contributed by atoms with Crippen molar-refractivity contribution in [3.63, 3.8) is 0 Å². The van der Waals surface area contributed by atoms with Gasteiger partial charge >= 0.3 is 6.03 Å². The summed E-state index contributed by atoms with van der Waals surface area (Å²) in [7, 11) is 0. The molecule has 1 aliphatic heterocycles. The lowest BCUT2D eigenvalue weighted by molar-refractivity contribution is -0.135. The van der Waals surface area contributed by atoms with Crippen LogP contribution < -0.4 is 5.32 Å². The van der Waals surface area contributed by atoms with Crippen molar-refractivity contribution >= 4 is 11.9 Å². The molecule has 94 valence electrons. The van der Waals surface area contributed by atoms with Crippen molar-refractivity contribution in [2.45, 2.75) is 63.5 Å². The van der Waals surface area contributed by atoms with Gasteiger partial charge in [0, 0.05) is 6.04 Å². The molecule has 0 aromatic carbocycles. The van der Waals surface area contributed by atoms with E-state index in [4.69, 9.17) is 0 Å². The maximum Gasteiger partial charge on any atom is 0.325 e. The van der Waals surface area contributed by atoms with Crippen LogP contribution in [0.2, 0.25) is 0 Å². The quantitative estimate of drug-likeness (QED) is 0.708. The van der Waals surface area contributed by atoms with E-state index in [-0.39, 0.29) is 18.0 Å². The van der Waals surface area contributed by atoms with Crippen LogP contribution in [0.3, 0.4) is 0 Å². The summed E-state index contributed by atoms with van der Waals surface area (Å²) in [6, 6.07) is 0.0375. The van der Waals surface area contributed by atoms with Crippen molar-refractivity contribution in [3.8, 4) is 0 Å². The molecule has 1 saturated heterocycles. The molecule has 17 heavy (non-hydrogen) atoms. The molecule has 0 aromatic rings. The second kappa shape index (κ2) is 3.72. The van der Waals surface area contributed by atoms with Gasteiger partial charge in [-0.05, 0) is 50.9 Å². The molecule has 3 amide bonds. The maximum absolute atomic E-state index is 12.5. The van der Waals surface area contributed by atoms with E-state index >= 15 is 0 Å². The first-order valence-electron chi connectivity index (χ1n) is 6.78. The first kappa shape index (κ1) is 11.1. The Kier molecular flexibility index (Phi) is 2.42. The van der Waals surface area contributed by atoms with Gasteiger partial charge in [0.05, 0.1) is 0 Å². The summed E-state index contributed by atoms with van der Waals surface area (Å²) < 4.78 is 0. The van der Waals surface area contributed by atoms with Gasteiger partial charge in [-0.3, -0.25) is 9.69 Å². The molecule has 4 nitrogen and oxygen atoms in total. The van der Waals surface area contributed by atoms with Crippen LogP contribution in [0.4, 0.5) is 4.79 Å². The number of hydrogen-bond acceptors (Lipinski definition) is 2. The second-order valence-corrected chi connectivity index (χ2v) is 5.95. The predicted molar refractivity (Wildman–Crippen MR) is 63.4 cm³/mol. The van der Waals surface area contributed by atoms with E-state index in [0.29, 0.717) is 5.92 Å². The van der Waals surface area contributed by atoms with Crippen molar-refractivity contribution in [2.24, 2.45) is 5.92 Å². The molecule has 1 N–H and O–H groups in total. The van der Waals surface area contributed by atoms with Crippen molar-refractivity contribution in [3.05, 3.63) is 0 Å². The number of hydrogen-bond donors (Lipinski definition) is 1. The highest BCUT2D eigenvalue weighted by atomic mass is 16.2. The van der Waals surface area contributed by atoms with Crippen LogP contribution in [0.15, 0.2) is 0 Å². The fourth-order valence-corrected chi connectivity index (χ4v) is 3.21. The third-order valence-corrected chi connectivity index (χ3v) is 4.76. The van der Waals surface area contributed by atoms with Crippen LogP contribution in [0.1, 0.15) is 51.9 Å². The molecular formula is C13H20N2O2. The van der Waals surface area contributed by atoms with Crippen LogP contribution in [0, 0.1) is 5.92 Å². The SMILES string of the molecule is CC1CCC2(CC1)NC(=O)N(C1CCC1)C2=O. The summed E-state index contributed by atoms with van der Waals surface area (Å²) in [4.78, 5) is 26.0. The highest BCUT2D eigenvalue weighted by molar-refractivity contribution is 6.07. The van der Waals surface area contributed by atoms with Crippen molar-refractivity contribution in [1.82, 2.24) is 10.2 Å². The monoisotopic (exact) mass is 236 g/mol. The highest BCUT2D eigenvalue weighted by Crippen LogP contribution is 2.39. The van der Waals surface area contributed by atoms with Gasteiger partial charge in [-0.15, -0.1) is 0 Å². The van der Waals surface area contributed by atoms with Gasteiger partial charge in [0.2, 0.25) is 0 Å². The molecule has 2 aliphatic carbocycles. The number of nitrogens with zero attached hydrogens (tertiary/aromatic N) is 1. The third-order valence-electron chi connectivity index (χ3n) is 4.76. The Balaban J connectivity index is 1.79. The third kappa shape index (κ3) is 1.57. The average molecular weight is 236 g/mol. The van der Waals surface area contributed by atoms with Crippen molar-refractivity contribution in [1.29, 1.82) is 0 Å². The van der Waals surface area contributed by atoms with Gasteiger partial charge in [-0.2, -0.15) is 0 Å². The van der Waals surface area contributed by atoms with E-state index in [0.717, 1.165) is 44.9 Å². The molecule has 4 heteroatoms. The number of rotatable bonds is 1. The van der Waals surface area contributed by atoms with Crippen LogP contribution in [0.5, 0.6) is 0 Å². The van der Waals surface area contributed by atoms with Gasteiger partial charge < -0.3 is 5.32 Å². The summed E-state index contributed by atoms with van der Waals surface area (Å²) in [5.74, 6) is 0.738. The molecule has 1 spiro atoms. The largest absolute Gasteiger partial charge is 0.325 e. The standard InChI is InChI=1S/C13H20N2O2/c1-9-5-7-13(8-6-9)11(16)15(12(17)14-13)10-3-2-4-10/h9-10H,2-8H2,1H3,(H,14,17). The second-order valence-electron chi connectivity index (χ2n) is 5.95. The fraction of sp³-hybridized carbons (Fsp3) is 0.846. The van der Waals surface area contributed by atoms with Crippen LogP contribution in [-0.4, -0.2) is 28.4 Å². The van der Waals surface area contributed by atoms with Crippen molar-refractivity contribution < 1.29 is 9.59 Å². The summed E-state index contributed by atoms with van der Waals surface area (Å²) in [6.45, 7) is 2.22. The van der Waals surface area contributed by atoms with Crippen molar-refractivity contribution in [2.75, 3.05) is 0 Å². The van der Waals surface area contributed by atoms with Crippen LogP contribution in [0.25, 0.3) is 0 Å². The minimum atomic E-state index is -0.542. The fourth-order valence-electron chi connectivity index (χ4n) is 3.21. The molecular weight excluding hydrogens is 216 g/mol. The first-order chi connectivity index (χ1) is 8.12. The first-order valence-corrected chi connectivity index (χ1v) is 6.78. The minimum Gasteiger partial charge on any atom is -0.323 e. The molecule has 3 aliphatic rings. The Morgan fingerprint density at radius 3 is 2.35 bits per heavy atom. The lowest BCUT2D eigenvalue weighted by Gasteiger charge is -2.36. The van der Waals surface area contributed by atoms with E-state index in [1.165, 1.54) is 4.90 Å². The summed E-state index contributed by atoms with van der Waals surface area (Å²) in [5, 5.41) is 2.98. The maximum atomic E-state index is 12.5. The number of urea groups is 1.